The van der Waals surface area contributed by atoms with Gasteiger partial charge < -0.3 is 9.47 Å². The molecular weight excluding hydrogens is 294 g/mol. The Morgan fingerprint density at radius 1 is 1.14 bits per heavy atom. The van der Waals surface area contributed by atoms with Crippen LogP contribution in [0.4, 0.5) is 0 Å². The fourth-order valence-corrected chi connectivity index (χ4v) is 2.52. The highest BCUT2D eigenvalue weighted by atomic mass is 32.2. The highest BCUT2D eigenvalue weighted by Crippen LogP contribution is 2.09. The third kappa shape index (κ3) is 4.40. The first-order valence-electron chi connectivity index (χ1n) is 6.15. The lowest BCUT2D eigenvalue weighted by molar-refractivity contribution is 0.295. The maximum Gasteiger partial charge on any atom is 0.316 e. The molecule has 0 aliphatic heterocycles. The normalized spacial score (nSPS) is 11.1. The Kier molecular flexibility index (Phi) is 5.07. The monoisotopic (exact) mass is 309 g/mol. The molecule has 1 aromatic heterocycles. The van der Waals surface area contributed by atoms with Gasteiger partial charge in [-0.25, -0.2) is 13.1 Å². The van der Waals surface area contributed by atoms with Crippen molar-refractivity contribution in [2.24, 2.45) is 0 Å². The minimum Gasteiger partial charge on any atom is -0.494 e. The molecule has 0 aliphatic rings. The predicted octanol–water partition coefficient (Wildman–Crippen LogP) is 0.842. The Morgan fingerprint density at radius 3 is 2.43 bits per heavy atom. The largest absolute Gasteiger partial charge is 0.494 e. The van der Waals surface area contributed by atoms with Crippen molar-refractivity contribution < 1.29 is 17.9 Å². The van der Waals surface area contributed by atoms with Gasteiger partial charge in [0.15, 0.2) is 5.75 Å². The van der Waals surface area contributed by atoms with Gasteiger partial charge in [-0.2, -0.15) is 9.97 Å². The third-order valence-corrected chi connectivity index (χ3v) is 4.00. The maximum absolute atomic E-state index is 11.9. The molecule has 0 saturated heterocycles. The number of rotatable bonds is 7. The zero-order chi connectivity index (χ0) is 15.1. The van der Waals surface area contributed by atoms with Crippen LogP contribution in [0.2, 0.25) is 0 Å². The molecular formula is C13H15N3O4S. The molecule has 7 nitrogen and oxygen atoms in total. The molecule has 0 unspecified atom stereocenters. The average molecular weight is 309 g/mol. The molecule has 1 heterocycles. The van der Waals surface area contributed by atoms with Crippen LogP contribution in [0.15, 0.2) is 47.6 Å². The van der Waals surface area contributed by atoms with Crippen molar-refractivity contribution in [3.63, 3.8) is 0 Å². The van der Waals surface area contributed by atoms with Gasteiger partial charge in [0.2, 0.25) is 10.0 Å². The molecule has 0 saturated carbocycles. The van der Waals surface area contributed by atoms with E-state index in [0.29, 0.717) is 5.75 Å². The lowest BCUT2D eigenvalue weighted by Gasteiger charge is -2.07. The molecule has 21 heavy (non-hydrogen) atoms. The second-order valence-corrected chi connectivity index (χ2v) is 5.73. The number of benzene rings is 1. The smallest absolute Gasteiger partial charge is 0.316 e. The lowest BCUT2D eigenvalue weighted by atomic mass is 10.4. The van der Waals surface area contributed by atoms with Crippen molar-refractivity contribution in [1.29, 1.82) is 0 Å². The van der Waals surface area contributed by atoms with E-state index in [2.05, 4.69) is 14.7 Å². The van der Waals surface area contributed by atoms with Crippen LogP contribution in [0.5, 0.6) is 11.8 Å². The molecule has 112 valence electrons. The van der Waals surface area contributed by atoms with Crippen LogP contribution in [0.1, 0.15) is 0 Å². The molecule has 2 aromatic rings. The highest BCUT2D eigenvalue weighted by molar-refractivity contribution is 7.89. The second kappa shape index (κ2) is 7.00. The van der Waals surface area contributed by atoms with Crippen LogP contribution in [-0.4, -0.2) is 38.6 Å². The zero-order valence-corrected chi connectivity index (χ0v) is 12.2. The molecule has 0 radical (unpaired) electrons. The van der Waals surface area contributed by atoms with E-state index in [0.717, 1.165) is 0 Å². The van der Waals surface area contributed by atoms with E-state index >= 15 is 0 Å². The van der Waals surface area contributed by atoms with Gasteiger partial charge in [-0.05, 0) is 12.1 Å². The highest BCUT2D eigenvalue weighted by Gasteiger charge is 2.12. The zero-order valence-electron chi connectivity index (χ0n) is 11.4. The molecule has 0 aliphatic carbocycles. The number of methoxy groups -OCH3 is 1. The molecule has 0 amide bonds. The molecule has 0 atom stereocenters. The van der Waals surface area contributed by atoms with E-state index in [4.69, 9.17) is 9.47 Å². The molecule has 8 heteroatoms. The Balaban J connectivity index is 1.81. The topological polar surface area (TPSA) is 90.4 Å². The van der Waals surface area contributed by atoms with Gasteiger partial charge in [-0.3, -0.25) is 0 Å². The Hall–Kier alpha value is -2.19. The number of hydrogen-bond donors (Lipinski definition) is 1. The molecule has 1 aromatic carbocycles. The number of aromatic nitrogens is 2. The Labute approximate surface area is 123 Å². The Morgan fingerprint density at radius 2 is 1.81 bits per heavy atom. The predicted molar refractivity (Wildman–Crippen MR) is 75.7 cm³/mol. The van der Waals surface area contributed by atoms with E-state index in [9.17, 15) is 8.42 Å². The quantitative estimate of drug-likeness (QED) is 0.762. The van der Waals surface area contributed by atoms with Crippen LogP contribution < -0.4 is 14.2 Å². The second-order valence-electron chi connectivity index (χ2n) is 3.96. The van der Waals surface area contributed by atoms with Crippen molar-refractivity contribution in [3.05, 3.63) is 42.7 Å². The first kappa shape index (κ1) is 15.2. The van der Waals surface area contributed by atoms with E-state index in [1.807, 2.05) is 0 Å². The first-order chi connectivity index (χ1) is 10.1. The van der Waals surface area contributed by atoms with Crippen LogP contribution >= 0.6 is 0 Å². The van der Waals surface area contributed by atoms with Gasteiger partial charge in [0.25, 0.3) is 0 Å². The van der Waals surface area contributed by atoms with Gasteiger partial charge >= 0.3 is 6.01 Å². The van der Waals surface area contributed by atoms with Gasteiger partial charge in [-0.15, -0.1) is 0 Å². The summed E-state index contributed by atoms with van der Waals surface area (Å²) in [5, 5.41) is 0. The third-order valence-electron chi connectivity index (χ3n) is 2.52. The van der Waals surface area contributed by atoms with Gasteiger partial charge in [0.05, 0.1) is 24.4 Å². The van der Waals surface area contributed by atoms with Crippen molar-refractivity contribution in [2.75, 3.05) is 20.3 Å². The number of sulfonamides is 1. The van der Waals surface area contributed by atoms with E-state index in [1.54, 1.807) is 18.2 Å². The van der Waals surface area contributed by atoms with Crippen LogP contribution in [0.3, 0.4) is 0 Å². The molecule has 0 spiro atoms. The average Bonchev–Trinajstić information content (AvgIpc) is 2.53. The SMILES string of the molecule is COc1cnc(OCCNS(=O)(=O)c2ccccc2)nc1. The van der Waals surface area contributed by atoms with E-state index in [1.165, 1.54) is 31.6 Å². The minimum atomic E-state index is -3.52. The summed E-state index contributed by atoms with van der Waals surface area (Å²) in [6.45, 7) is 0.241. The maximum atomic E-state index is 11.9. The van der Waals surface area contributed by atoms with Crippen molar-refractivity contribution in [2.45, 2.75) is 4.90 Å². The number of hydrogen-bond acceptors (Lipinski definition) is 6. The van der Waals surface area contributed by atoms with Crippen LogP contribution in [-0.2, 0) is 10.0 Å². The van der Waals surface area contributed by atoms with E-state index in [-0.39, 0.29) is 24.1 Å². The van der Waals surface area contributed by atoms with Crippen LogP contribution in [0.25, 0.3) is 0 Å². The van der Waals surface area contributed by atoms with Crippen molar-refractivity contribution in [3.8, 4) is 11.8 Å². The molecule has 0 bridgehead atoms. The number of nitrogens with zero attached hydrogens (tertiary/aromatic N) is 2. The first-order valence-corrected chi connectivity index (χ1v) is 7.64. The van der Waals surface area contributed by atoms with Crippen molar-refractivity contribution in [1.82, 2.24) is 14.7 Å². The fourth-order valence-electron chi connectivity index (χ4n) is 1.49. The summed E-state index contributed by atoms with van der Waals surface area (Å²) in [6.07, 6.45) is 2.94. The van der Waals surface area contributed by atoms with Crippen LogP contribution in [0, 0.1) is 0 Å². The standard InChI is InChI=1S/C13H15N3O4S/c1-19-11-9-14-13(15-10-11)20-8-7-16-21(17,18)12-5-3-2-4-6-12/h2-6,9-10,16H,7-8H2,1H3. The van der Waals surface area contributed by atoms with Gasteiger partial charge in [0.1, 0.15) is 6.61 Å². The Bertz CT molecular complexity index is 660. The minimum absolute atomic E-state index is 0.118. The summed E-state index contributed by atoms with van der Waals surface area (Å²) in [4.78, 5) is 8.03. The molecule has 2 rings (SSSR count). The summed E-state index contributed by atoms with van der Waals surface area (Å²) >= 11 is 0. The summed E-state index contributed by atoms with van der Waals surface area (Å²) in [5.74, 6) is 0.520. The summed E-state index contributed by atoms with van der Waals surface area (Å²) < 4.78 is 36.4. The van der Waals surface area contributed by atoms with Gasteiger partial charge in [-0.1, -0.05) is 18.2 Å². The molecule has 1 N–H and O–H groups in total. The summed E-state index contributed by atoms with van der Waals surface area (Å²) in [5.41, 5.74) is 0. The van der Waals surface area contributed by atoms with Crippen molar-refractivity contribution >= 4 is 10.0 Å². The number of ether oxygens (including phenoxy) is 2. The van der Waals surface area contributed by atoms with E-state index < -0.39 is 10.0 Å². The summed E-state index contributed by atoms with van der Waals surface area (Å²) in [7, 11) is -2.00. The number of nitrogens with one attached hydrogen (secondary N) is 1. The molecule has 0 fully saturated rings. The van der Waals surface area contributed by atoms with Gasteiger partial charge in [0, 0.05) is 6.54 Å². The summed E-state index contributed by atoms with van der Waals surface area (Å²) in [6, 6.07) is 8.29. The fraction of sp³-hybridized carbons (Fsp3) is 0.231. The lowest BCUT2D eigenvalue weighted by Crippen LogP contribution is -2.28.